The van der Waals surface area contributed by atoms with Crippen molar-refractivity contribution in [2.75, 3.05) is 7.11 Å². The van der Waals surface area contributed by atoms with Gasteiger partial charge in [0, 0.05) is 6.54 Å². The number of methoxy groups -OCH3 is 1. The van der Waals surface area contributed by atoms with Crippen LogP contribution in [0.5, 0.6) is 0 Å². The van der Waals surface area contributed by atoms with Crippen LogP contribution in [0.4, 0.5) is 4.39 Å². The number of hydrogen-bond donors (Lipinski definition) is 1. The van der Waals surface area contributed by atoms with Crippen LogP contribution >= 0.6 is 11.6 Å². The molecule has 0 spiro atoms. The first-order chi connectivity index (χ1) is 7.54. The van der Waals surface area contributed by atoms with E-state index in [1.807, 2.05) is 0 Å². The summed E-state index contributed by atoms with van der Waals surface area (Å²) < 4.78 is 17.4. The maximum atomic E-state index is 12.9. The molecule has 0 aromatic heterocycles. The second-order valence-corrected chi connectivity index (χ2v) is 3.78. The molecule has 0 bridgehead atoms. The summed E-state index contributed by atoms with van der Waals surface area (Å²) in [5, 5.41) is 3.01. The first kappa shape index (κ1) is 12.9. The summed E-state index contributed by atoms with van der Waals surface area (Å²) >= 11 is 5.62. The quantitative estimate of drug-likeness (QED) is 0.826. The van der Waals surface area contributed by atoms with E-state index in [0.29, 0.717) is 6.54 Å². The number of halogens is 2. The van der Waals surface area contributed by atoms with Crippen molar-refractivity contribution in [2.24, 2.45) is 0 Å². The van der Waals surface area contributed by atoms with E-state index in [1.54, 1.807) is 13.0 Å². The number of rotatable bonds is 4. The Hall–Kier alpha value is -1.13. The fourth-order valence-corrected chi connectivity index (χ4v) is 1.38. The Kier molecular flexibility index (Phi) is 4.71. The zero-order chi connectivity index (χ0) is 12.1. The van der Waals surface area contributed by atoms with E-state index in [9.17, 15) is 9.18 Å². The van der Waals surface area contributed by atoms with Crippen LogP contribution in [0.15, 0.2) is 18.2 Å². The third-order valence-electron chi connectivity index (χ3n) is 2.15. The lowest BCUT2D eigenvalue weighted by molar-refractivity contribution is -0.142. The molecule has 1 N–H and O–H groups in total. The van der Waals surface area contributed by atoms with Crippen molar-refractivity contribution < 1.29 is 13.9 Å². The molecule has 1 atom stereocenters. The van der Waals surface area contributed by atoms with E-state index in [0.717, 1.165) is 5.56 Å². The lowest BCUT2D eigenvalue weighted by atomic mass is 10.2. The van der Waals surface area contributed by atoms with E-state index in [-0.39, 0.29) is 11.0 Å². The van der Waals surface area contributed by atoms with E-state index in [2.05, 4.69) is 10.1 Å². The van der Waals surface area contributed by atoms with Gasteiger partial charge in [-0.2, -0.15) is 0 Å². The van der Waals surface area contributed by atoms with Gasteiger partial charge in [0.25, 0.3) is 0 Å². The zero-order valence-electron chi connectivity index (χ0n) is 9.09. The minimum atomic E-state index is -0.452. The van der Waals surface area contributed by atoms with Crippen molar-refractivity contribution in [1.29, 1.82) is 0 Å². The molecule has 0 fully saturated rings. The Bertz CT molecular complexity index is 384. The molecule has 0 aliphatic carbocycles. The monoisotopic (exact) mass is 245 g/mol. The Labute approximate surface area is 98.5 Å². The van der Waals surface area contributed by atoms with Crippen molar-refractivity contribution in [3.63, 3.8) is 0 Å². The molecule has 0 saturated heterocycles. The molecule has 0 aliphatic heterocycles. The van der Waals surface area contributed by atoms with Gasteiger partial charge in [0.05, 0.1) is 12.1 Å². The number of benzene rings is 1. The van der Waals surface area contributed by atoms with Gasteiger partial charge in [-0.15, -0.1) is 0 Å². The Morgan fingerprint density at radius 1 is 1.62 bits per heavy atom. The van der Waals surface area contributed by atoms with Crippen LogP contribution in [-0.2, 0) is 16.1 Å². The molecule has 1 aromatic carbocycles. The maximum absolute atomic E-state index is 12.9. The molecule has 88 valence electrons. The normalized spacial score (nSPS) is 12.2. The summed E-state index contributed by atoms with van der Waals surface area (Å²) in [5.41, 5.74) is 0.808. The molecule has 1 aromatic rings. The van der Waals surface area contributed by atoms with Crippen LogP contribution in [0.2, 0.25) is 5.02 Å². The predicted molar refractivity (Wildman–Crippen MR) is 59.7 cm³/mol. The number of carbonyl (C=O) groups is 1. The Balaban J connectivity index is 2.55. The SMILES string of the molecule is COC(=O)[C@H](C)NCc1ccc(F)c(Cl)c1. The largest absolute Gasteiger partial charge is 0.468 e. The minimum Gasteiger partial charge on any atom is -0.468 e. The van der Waals surface area contributed by atoms with Crippen LogP contribution in [0, 0.1) is 5.82 Å². The fraction of sp³-hybridized carbons (Fsp3) is 0.364. The molecule has 0 saturated carbocycles. The molecule has 3 nitrogen and oxygen atoms in total. The van der Waals surface area contributed by atoms with E-state index in [4.69, 9.17) is 11.6 Å². The topological polar surface area (TPSA) is 38.3 Å². The van der Waals surface area contributed by atoms with Crippen molar-refractivity contribution in [3.8, 4) is 0 Å². The highest BCUT2D eigenvalue weighted by atomic mass is 35.5. The molecule has 16 heavy (non-hydrogen) atoms. The third kappa shape index (κ3) is 3.47. The first-order valence-corrected chi connectivity index (χ1v) is 5.17. The number of ether oxygens (including phenoxy) is 1. The summed E-state index contributed by atoms with van der Waals surface area (Å²) in [6.07, 6.45) is 0. The van der Waals surface area contributed by atoms with Gasteiger partial charge in [0.15, 0.2) is 0 Å². The lowest BCUT2D eigenvalue weighted by Crippen LogP contribution is -2.34. The van der Waals surface area contributed by atoms with Crippen molar-refractivity contribution >= 4 is 17.6 Å². The highest BCUT2D eigenvalue weighted by molar-refractivity contribution is 6.30. The maximum Gasteiger partial charge on any atom is 0.322 e. The second kappa shape index (κ2) is 5.82. The smallest absolute Gasteiger partial charge is 0.322 e. The average molecular weight is 246 g/mol. The summed E-state index contributed by atoms with van der Waals surface area (Å²) in [7, 11) is 1.33. The zero-order valence-corrected chi connectivity index (χ0v) is 9.84. The molecule has 1 rings (SSSR count). The molecule has 0 aliphatic rings. The van der Waals surface area contributed by atoms with Crippen LogP contribution in [-0.4, -0.2) is 19.1 Å². The molecule has 5 heteroatoms. The lowest BCUT2D eigenvalue weighted by Gasteiger charge is -2.11. The Morgan fingerprint density at radius 2 is 2.31 bits per heavy atom. The number of hydrogen-bond acceptors (Lipinski definition) is 3. The summed E-state index contributed by atoms with van der Waals surface area (Å²) in [4.78, 5) is 11.1. The van der Waals surface area contributed by atoms with Gasteiger partial charge >= 0.3 is 5.97 Å². The van der Waals surface area contributed by atoms with Crippen LogP contribution in [0.25, 0.3) is 0 Å². The van der Waals surface area contributed by atoms with Gasteiger partial charge in [-0.05, 0) is 24.6 Å². The Morgan fingerprint density at radius 3 is 2.88 bits per heavy atom. The van der Waals surface area contributed by atoms with Crippen molar-refractivity contribution in [3.05, 3.63) is 34.6 Å². The highest BCUT2D eigenvalue weighted by Crippen LogP contribution is 2.15. The summed E-state index contributed by atoms with van der Waals surface area (Å²) in [6.45, 7) is 2.12. The highest BCUT2D eigenvalue weighted by Gasteiger charge is 2.11. The summed E-state index contributed by atoms with van der Waals surface area (Å²) in [6, 6.07) is 4.02. The predicted octanol–water partition coefficient (Wildman–Crippen LogP) is 2.13. The van der Waals surface area contributed by atoms with Crippen LogP contribution in [0.3, 0.4) is 0 Å². The van der Waals surface area contributed by atoms with Crippen LogP contribution < -0.4 is 5.32 Å². The average Bonchev–Trinajstić information content (AvgIpc) is 2.29. The molecule has 0 unspecified atom stereocenters. The molecule has 0 amide bonds. The van der Waals surface area contributed by atoms with E-state index < -0.39 is 11.9 Å². The number of carbonyl (C=O) groups excluding carboxylic acids is 1. The fourth-order valence-electron chi connectivity index (χ4n) is 1.18. The van der Waals surface area contributed by atoms with Gasteiger partial charge in [0.1, 0.15) is 11.9 Å². The summed E-state index contributed by atoms with van der Waals surface area (Å²) in [5.74, 6) is -0.792. The van der Waals surface area contributed by atoms with Crippen molar-refractivity contribution in [2.45, 2.75) is 19.5 Å². The van der Waals surface area contributed by atoms with Gasteiger partial charge in [-0.3, -0.25) is 4.79 Å². The minimum absolute atomic E-state index is 0.0741. The van der Waals surface area contributed by atoms with Gasteiger partial charge in [-0.25, -0.2) is 4.39 Å². The number of esters is 1. The van der Waals surface area contributed by atoms with E-state index in [1.165, 1.54) is 19.2 Å². The molecular formula is C11H13ClFNO2. The van der Waals surface area contributed by atoms with Gasteiger partial charge in [0.2, 0.25) is 0 Å². The first-order valence-electron chi connectivity index (χ1n) is 4.79. The standard InChI is InChI=1S/C11H13ClFNO2/c1-7(11(15)16-2)14-6-8-3-4-10(13)9(12)5-8/h3-5,7,14H,6H2,1-2H3/t7-/m0/s1. The third-order valence-corrected chi connectivity index (χ3v) is 2.44. The van der Waals surface area contributed by atoms with Gasteiger partial charge < -0.3 is 10.1 Å². The second-order valence-electron chi connectivity index (χ2n) is 3.37. The van der Waals surface area contributed by atoms with Gasteiger partial charge in [-0.1, -0.05) is 17.7 Å². The molecule has 0 radical (unpaired) electrons. The number of nitrogens with one attached hydrogen (secondary N) is 1. The molecular weight excluding hydrogens is 233 g/mol. The van der Waals surface area contributed by atoms with Crippen LogP contribution in [0.1, 0.15) is 12.5 Å². The molecule has 0 heterocycles. The van der Waals surface area contributed by atoms with E-state index >= 15 is 0 Å². The van der Waals surface area contributed by atoms with Crippen molar-refractivity contribution in [1.82, 2.24) is 5.32 Å².